The summed E-state index contributed by atoms with van der Waals surface area (Å²) in [7, 11) is -1.42. The molecular weight excluding hydrogens is 428 g/mol. The monoisotopic (exact) mass is 452 g/mol. The van der Waals surface area contributed by atoms with Gasteiger partial charge in [0.05, 0.1) is 0 Å². The van der Waals surface area contributed by atoms with Crippen molar-refractivity contribution in [3.05, 3.63) is 109 Å². The maximum Gasteiger partial charge on any atom is 0.123 e. The molecule has 0 spiro atoms. The average molecular weight is 452 g/mol. The van der Waals surface area contributed by atoms with Gasteiger partial charge in [-0.25, -0.2) is 0 Å². The normalized spacial score (nSPS) is 12.1. The molecule has 0 aliphatic heterocycles. The second-order valence-electron chi connectivity index (χ2n) is 6.95. The lowest BCUT2D eigenvalue weighted by atomic mass is 10.3. The Morgan fingerprint density at radius 1 is 0.438 bits per heavy atom. The van der Waals surface area contributed by atoms with Crippen LogP contribution < -0.4 is 21.2 Å². The molecule has 2 N–H and O–H groups in total. The Balaban J connectivity index is 0.00000181. The molecule has 6 radical (unpaired) electrons. The summed E-state index contributed by atoms with van der Waals surface area (Å²) >= 11 is 0. The summed E-state index contributed by atoms with van der Waals surface area (Å²) in [6, 6.07) is 36.3. The van der Waals surface area contributed by atoms with Crippen LogP contribution >= 0.6 is 15.8 Å². The molecule has 2 unspecified atom stereocenters. The van der Waals surface area contributed by atoms with Gasteiger partial charge in [-0.3, -0.25) is 0 Å². The van der Waals surface area contributed by atoms with Gasteiger partial charge in [-0.2, -0.15) is 0 Å². The van der Waals surface area contributed by atoms with E-state index in [1.807, 2.05) is 48.5 Å². The third kappa shape index (κ3) is 6.04. The maximum atomic E-state index is 10.6. The first-order chi connectivity index (χ1) is 14.7. The number of benzene rings is 4. The lowest BCUT2D eigenvalue weighted by molar-refractivity contribution is 0.479. The minimum Gasteiger partial charge on any atom is -0.507 e. The highest BCUT2D eigenvalue weighted by molar-refractivity contribution is 7.76. The second kappa shape index (κ2) is 12.5. The highest BCUT2D eigenvalue weighted by Gasteiger charge is 2.22. The van der Waals surface area contributed by atoms with Crippen molar-refractivity contribution in [2.45, 2.75) is 0 Å². The summed E-state index contributed by atoms with van der Waals surface area (Å²) in [6.45, 7) is 0. The zero-order valence-corrected chi connectivity index (χ0v) is 19.5. The topological polar surface area (TPSA) is 40.5 Å². The minimum atomic E-state index is -0.710. The molecule has 0 bridgehead atoms. The molecule has 2 atom stereocenters. The van der Waals surface area contributed by atoms with Crippen molar-refractivity contribution in [2.75, 3.05) is 12.3 Å². The molecule has 4 aromatic carbocycles. The molecule has 0 aliphatic carbocycles. The van der Waals surface area contributed by atoms with Gasteiger partial charge in [-0.05, 0) is 50.9 Å². The van der Waals surface area contributed by atoms with Crippen molar-refractivity contribution in [3.8, 4) is 11.5 Å². The lowest BCUT2D eigenvalue weighted by Crippen LogP contribution is -2.20. The van der Waals surface area contributed by atoms with Gasteiger partial charge in [-0.1, -0.05) is 97.1 Å². The van der Waals surface area contributed by atoms with Gasteiger partial charge in [0.1, 0.15) is 11.5 Å². The molecule has 0 aromatic heterocycles. The van der Waals surface area contributed by atoms with Crippen LogP contribution in [0.5, 0.6) is 11.5 Å². The first kappa shape index (κ1) is 25.7. The molecule has 0 fully saturated rings. The van der Waals surface area contributed by atoms with Gasteiger partial charge in [0, 0.05) is 27.4 Å². The van der Waals surface area contributed by atoms with Crippen LogP contribution in [0.3, 0.4) is 0 Å². The van der Waals surface area contributed by atoms with Gasteiger partial charge in [0.15, 0.2) is 0 Å². The van der Waals surface area contributed by atoms with Crippen molar-refractivity contribution in [1.29, 1.82) is 0 Å². The van der Waals surface area contributed by atoms with Crippen LogP contribution in [0.2, 0.25) is 0 Å². The molecule has 156 valence electrons. The Labute approximate surface area is 197 Å². The molecule has 6 heteroatoms. The van der Waals surface area contributed by atoms with E-state index in [9.17, 15) is 10.2 Å². The van der Waals surface area contributed by atoms with E-state index in [-0.39, 0.29) is 16.8 Å². The van der Waals surface area contributed by atoms with E-state index in [1.165, 1.54) is 10.6 Å². The van der Waals surface area contributed by atoms with Crippen molar-refractivity contribution in [2.24, 2.45) is 0 Å². The Hall–Kier alpha value is -2.53. The highest BCUT2D eigenvalue weighted by atomic mass is 31.1. The number of phenols is 2. The molecule has 2 nitrogen and oxygen atoms in total. The summed E-state index contributed by atoms with van der Waals surface area (Å²) in [5, 5.41) is 25.7. The maximum absolute atomic E-state index is 10.6. The van der Waals surface area contributed by atoms with Crippen LogP contribution in [0, 0.1) is 0 Å². The number of hydrogen-bond acceptors (Lipinski definition) is 2. The first-order valence-electron chi connectivity index (χ1n) is 9.95. The van der Waals surface area contributed by atoms with E-state index in [1.54, 1.807) is 12.1 Å². The molecule has 32 heavy (non-hydrogen) atoms. The number of hydrogen-bond donors (Lipinski definition) is 2. The van der Waals surface area contributed by atoms with E-state index in [4.69, 9.17) is 0 Å². The highest BCUT2D eigenvalue weighted by Crippen LogP contribution is 2.43. The fourth-order valence-corrected chi connectivity index (χ4v) is 9.03. The van der Waals surface area contributed by atoms with Crippen LogP contribution in [0.4, 0.5) is 0 Å². The third-order valence-corrected chi connectivity index (χ3v) is 10.5. The summed E-state index contributed by atoms with van der Waals surface area (Å²) in [5.41, 5.74) is 0. The molecule has 0 aliphatic rings. The molecule has 0 heterocycles. The predicted octanol–water partition coefficient (Wildman–Crippen LogP) is 3.90. The minimum absolute atomic E-state index is 0. The number of phenolic OH excluding ortho intramolecular Hbond substituents is 2. The largest absolute Gasteiger partial charge is 0.507 e. The van der Waals surface area contributed by atoms with E-state index in [0.717, 1.165) is 22.9 Å². The standard InChI is InChI=1S/C26H24O2P2.2B/c27-23-15-7-9-17-25(23)29(21-11-3-1-4-12-21)19-20-30(22-13-5-2-6-14-22)26-18-10-8-16-24(26)28;;/h1-18,27-28H,19-20H2;;. The molecule has 0 saturated heterocycles. The molecule has 0 amide bonds. The van der Waals surface area contributed by atoms with Gasteiger partial charge < -0.3 is 10.2 Å². The lowest BCUT2D eigenvalue weighted by Gasteiger charge is -2.24. The average Bonchev–Trinajstić information content (AvgIpc) is 2.80. The van der Waals surface area contributed by atoms with Crippen LogP contribution in [-0.4, -0.2) is 39.4 Å². The van der Waals surface area contributed by atoms with Crippen LogP contribution in [0.15, 0.2) is 109 Å². The number of aromatic hydroxyl groups is 2. The third-order valence-electron chi connectivity index (χ3n) is 5.03. The zero-order chi connectivity index (χ0) is 20.8. The van der Waals surface area contributed by atoms with E-state index >= 15 is 0 Å². The Morgan fingerprint density at radius 2 is 0.750 bits per heavy atom. The fourth-order valence-electron chi connectivity index (χ4n) is 3.58. The van der Waals surface area contributed by atoms with E-state index in [2.05, 4.69) is 48.5 Å². The van der Waals surface area contributed by atoms with Crippen LogP contribution in [0.1, 0.15) is 0 Å². The molecule has 0 saturated carbocycles. The van der Waals surface area contributed by atoms with Gasteiger partial charge >= 0.3 is 0 Å². The van der Waals surface area contributed by atoms with Crippen LogP contribution in [-0.2, 0) is 0 Å². The van der Waals surface area contributed by atoms with Crippen LogP contribution in [0.25, 0.3) is 0 Å². The molecule has 4 rings (SSSR count). The molecular formula is C26H24B2O2P2. The SMILES string of the molecule is Oc1ccccc1P(CCP(c1ccccc1)c1ccccc1O)c1ccccc1.[B].[B]. The number of para-hydroxylation sites is 2. The first-order valence-corrected chi connectivity index (χ1v) is 13.0. The van der Waals surface area contributed by atoms with Gasteiger partial charge in [-0.15, -0.1) is 0 Å². The quantitative estimate of drug-likeness (QED) is 0.330. The van der Waals surface area contributed by atoms with Crippen molar-refractivity contribution in [3.63, 3.8) is 0 Å². The Bertz CT molecular complexity index is 1010. The summed E-state index contributed by atoms with van der Waals surface area (Å²) < 4.78 is 0. The predicted molar refractivity (Wildman–Crippen MR) is 143 cm³/mol. The Kier molecular flexibility index (Phi) is 10.0. The van der Waals surface area contributed by atoms with E-state index in [0.29, 0.717) is 11.5 Å². The smallest absolute Gasteiger partial charge is 0.123 e. The zero-order valence-electron chi connectivity index (χ0n) is 17.8. The summed E-state index contributed by atoms with van der Waals surface area (Å²) in [6.07, 6.45) is 1.87. The second-order valence-corrected chi connectivity index (χ2v) is 11.6. The summed E-state index contributed by atoms with van der Waals surface area (Å²) in [5.74, 6) is 0.720. The van der Waals surface area contributed by atoms with E-state index < -0.39 is 15.8 Å². The van der Waals surface area contributed by atoms with Gasteiger partial charge in [0.2, 0.25) is 0 Å². The van der Waals surface area contributed by atoms with Crippen molar-refractivity contribution >= 4 is 53.9 Å². The summed E-state index contributed by atoms with van der Waals surface area (Å²) in [4.78, 5) is 0. The number of rotatable bonds is 7. The Morgan fingerprint density at radius 3 is 1.09 bits per heavy atom. The van der Waals surface area contributed by atoms with Gasteiger partial charge in [0.25, 0.3) is 0 Å². The fraction of sp³-hybridized carbons (Fsp3) is 0.0769. The van der Waals surface area contributed by atoms with Crippen molar-refractivity contribution in [1.82, 2.24) is 0 Å². The molecule has 4 aromatic rings. The van der Waals surface area contributed by atoms with Crippen molar-refractivity contribution < 1.29 is 10.2 Å².